The largest absolute Gasteiger partial charge is 0.497 e. The summed E-state index contributed by atoms with van der Waals surface area (Å²) >= 11 is 6.21. The highest BCUT2D eigenvalue weighted by molar-refractivity contribution is 6.83. The van der Waals surface area contributed by atoms with Crippen molar-refractivity contribution in [1.82, 2.24) is 25.0 Å². The van der Waals surface area contributed by atoms with Gasteiger partial charge in [-0.25, -0.2) is 0 Å². The molecule has 232 valence electrons. The summed E-state index contributed by atoms with van der Waals surface area (Å²) in [4.78, 5) is 44.0. The van der Waals surface area contributed by atoms with Crippen molar-refractivity contribution in [2.75, 3.05) is 20.2 Å². The molecule has 1 fully saturated rings. The highest BCUT2D eigenvalue weighted by Crippen LogP contribution is 2.35. The molecule has 1 unspecified atom stereocenters. The highest BCUT2D eigenvalue weighted by Gasteiger charge is 2.34. The maximum atomic E-state index is 13.8. The second kappa shape index (κ2) is 12.2. The fourth-order valence-corrected chi connectivity index (χ4v) is 6.98. The van der Waals surface area contributed by atoms with Crippen molar-refractivity contribution in [2.45, 2.75) is 44.9 Å². The molecule has 1 saturated heterocycles. The number of carbonyl (C=O) groups excluding carboxylic acids is 2. The van der Waals surface area contributed by atoms with Crippen LogP contribution in [0, 0.1) is 6.92 Å². The summed E-state index contributed by atoms with van der Waals surface area (Å²) in [6, 6.07) is 19.6. The maximum Gasteiger partial charge on any atom is 0.251 e. The lowest BCUT2D eigenvalue weighted by Crippen LogP contribution is -2.42. The van der Waals surface area contributed by atoms with Gasteiger partial charge in [-0.05, 0) is 74.1 Å². The van der Waals surface area contributed by atoms with Crippen LogP contribution in [-0.4, -0.2) is 76.5 Å². The molecule has 2 aliphatic rings. The fraction of sp³-hybridized carbons (Fsp3) is 0.303. The number of benzene rings is 3. The van der Waals surface area contributed by atoms with Gasteiger partial charge >= 0.3 is 0 Å². The van der Waals surface area contributed by atoms with Gasteiger partial charge in [0.25, 0.3) is 5.91 Å². The molecule has 2 atom stereocenters. The number of halogens is 1. The van der Waals surface area contributed by atoms with E-state index in [9.17, 15) is 14.4 Å². The van der Waals surface area contributed by atoms with Crippen molar-refractivity contribution >= 4 is 42.6 Å². The van der Waals surface area contributed by atoms with Crippen molar-refractivity contribution in [3.05, 3.63) is 100 Å². The Hall–Kier alpha value is -4.32. The molecule has 4 aromatic rings. The minimum Gasteiger partial charge on any atom is -0.497 e. The smallest absolute Gasteiger partial charge is 0.251 e. The van der Waals surface area contributed by atoms with Crippen LogP contribution >= 0.6 is 11.6 Å². The summed E-state index contributed by atoms with van der Waals surface area (Å²) in [6.45, 7) is 6.49. The van der Waals surface area contributed by atoms with Gasteiger partial charge in [0.1, 0.15) is 17.6 Å². The Kier molecular flexibility index (Phi) is 8.34. The summed E-state index contributed by atoms with van der Waals surface area (Å²) in [6.07, 6.45) is 0.736. The molecule has 10 nitrogen and oxygen atoms in total. The summed E-state index contributed by atoms with van der Waals surface area (Å²) in [5.74, 6) is 1.67. The number of carbonyl (C=O) groups is 2. The molecule has 2 N–H and O–H groups in total. The number of amides is 2. The second-order valence-corrected chi connectivity index (χ2v) is 16.1. The Labute approximate surface area is 267 Å². The molecule has 0 spiro atoms. The van der Waals surface area contributed by atoms with Crippen molar-refractivity contribution in [2.24, 2.45) is 4.99 Å². The average molecular weight is 643 g/mol. The molecule has 6 rings (SSSR count). The summed E-state index contributed by atoms with van der Waals surface area (Å²) in [5, 5.41) is 13.4. The molecular formula is C33H35ClN6O4Si. The van der Waals surface area contributed by atoms with Crippen molar-refractivity contribution in [3.63, 3.8) is 0 Å². The van der Waals surface area contributed by atoms with E-state index in [1.165, 1.54) is 0 Å². The Morgan fingerprint density at radius 3 is 2.49 bits per heavy atom. The Morgan fingerprint density at radius 1 is 1.07 bits per heavy atom. The van der Waals surface area contributed by atoms with Gasteiger partial charge in [-0.3, -0.25) is 19.1 Å². The van der Waals surface area contributed by atoms with Crippen LogP contribution in [0.5, 0.6) is 5.75 Å². The number of aryl methyl sites for hydroxylation is 1. The van der Waals surface area contributed by atoms with Gasteiger partial charge in [-0.2, -0.15) is 0 Å². The number of nitrogens with zero attached hydrogens (tertiary/aromatic N) is 5. The summed E-state index contributed by atoms with van der Waals surface area (Å²) < 4.78 is 7.51. The molecule has 3 aromatic carbocycles. The zero-order valence-electron chi connectivity index (χ0n) is 25.6. The number of rotatable bonds is 7. The lowest BCUT2D eigenvalue weighted by atomic mass is 10.00. The first-order chi connectivity index (χ1) is 21.5. The van der Waals surface area contributed by atoms with E-state index in [1.807, 2.05) is 79.2 Å². The molecule has 45 heavy (non-hydrogen) atoms. The highest BCUT2D eigenvalue weighted by atomic mass is 35.5. The molecule has 0 bridgehead atoms. The van der Waals surface area contributed by atoms with E-state index in [4.69, 9.17) is 21.3 Å². The second-order valence-electron chi connectivity index (χ2n) is 12.0. The topological polar surface area (TPSA) is 122 Å². The predicted molar refractivity (Wildman–Crippen MR) is 175 cm³/mol. The first kappa shape index (κ1) is 30.7. The first-order valence-electron chi connectivity index (χ1n) is 14.9. The van der Waals surface area contributed by atoms with Crippen LogP contribution in [0.1, 0.15) is 52.0 Å². The van der Waals surface area contributed by atoms with Crippen LogP contribution in [0.3, 0.4) is 0 Å². The zero-order valence-corrected chi connectivity index (χ0v) is 27.4. The number of aromatic nitrogens is 3. The minimum absolute atomic E-state index is 0.0776. The number of likely N-dealkylation sites (tertiary alicyclic amines) is 1. The SMILES string of the molecule is COc1ccc2c(c1)C(c1ccc(Cl)cc1)=N[C@@H](CC(=O)N1CCC(NC(=O)c3ccc([Si](C)(C)O)cc3)C1)c1nnc(C)n1-2. The van der Waals surface area contributed by atoms with Gasteiger partial charge in [0.15, 0.2) is 5.82 Å². The average Bonchev–Trinajstić information content (AvgIpc) is 3.62. The standard InChI is InChI=1S/C33H35ClN6O4Si/c1-20-37-38-32-28(36-31(21-5-9-23(34)10-6-21)27-17-25(44-2)11-14-29(27)40(20)32)18-30(41)39-16-15-24(19-39)35-33(42)22-7-12-26(13-8-22)45(3,4)43/h5-14,17,24,28,43H,15-16,18-19H2,1-4H3,(H,35,42)/t24?,28-/m0/s1. The number of hydrogen-bond donors (Lipinski definition) is 2. The lowest BCUT2D eigenvalue weighted by molar-refractivity contribution is -0.130. The van der Waals surface area contributed by atoms with Crippen molar-refractivity contribution in [1.29, 1.82) is 0 Å². The van der Waals surface area contributed by atoms with Gasteiger partial charge in [-0.15, -0.1) is 10.2 Å². The number of nitrogens with one attached hydrogen (secondary N) is 1. The molecule has 0 saturated carbocycles. The molecule has 12 heteroatoms. The van der Waals surface area contributed by atoms with Gasteiger partial charge in [0, 0.05) is 40.8 Å². The summed E-state index contributed by atoms with van der Waals surface area (Å²) in [7, 11) is -0.826. The van der Waals surface area contributed by atoms with Gasteiger partial charge in [-0.1, -0.05) is 35.9 Å². The Balaban J connectivity index is 1.24. The van der Waals surface area contributed by atoms with E-state index in [2.05, 4.69) is 15.5 Å². The molecule has 2 aliphatic heterocycles. The molecular weight excluding hydrogens is 608 g/mol. The number of ether oxygens (including phenoxy) is 1. The zero-order chi connectivity index (χ0) is 31.9. The maximum absolute atomic E-state index is 13.8. The van der Waals surface area contributed by atoms with Crippen LogP contribution < -0.4 is 15.2 Å². The summed E-state index contributed by atoms with van der Waals surface area (Å²) in [5.41, 5.74) is 3.75. The van der Waals surface area contributed by atoms with Crippen molar-refractivity contribution < 1.29 is 19.1 Å². The fourth-order valence-electron chi connectivity index (χ4n) is 5.87. The van der Waals surface area contributed by atoms with Gasteiger partial charge in [0.05, 0.1) is 24.9 Å². The Morgan fingerprint density at radius 2 is 1.80 bits per heavy atom. The third-order valence-electron chi connectivity index (χ3n) is 8.35. The van der Waals surface area contributed by atoms with Crippen LogP contribution in [-0.2, 0) is 4.79 Å². The van der Waals surface area contributed by atoms with E-state index in [1.54, 1.807) is 24.1 Å². The molecule has 0 radical (unpaired) electrons. The predicted octanol–water partition coefficient (Wildman–Crippen LogP) is 3.96. The monoisotopic (exact) mass is 642 g/mol. The van der Waals surface area contributed by atoms with E-state index < -0.39 is 14.4 Å². The number of hydrogen-bond acceptors (Lipinski definition) is 7. The van der Waals surface area contributed by atoms with Crippen LogP contribution in [0.2, 0.25) is 18.1 Å². The van der Waals surface area contributed by atoms with Gasteiger partial charge in [0.2, 0.25) is 14.2 Å². The Bertz CT molecular complexity index is 1780. The van der Waals surface area contributed by atoms with Crippen LogP contribution in [0.4, 0.5) is 0 Å². The minimum atomic E-state index is -2.45. The van der Waals surface area contributed by atoms with E-state index in [-0.39, 0.29) is 24.3 Å². The molecule has 2 amide bonds. The third-order valence-corrected chi connectivity index (χ3v) is 10.3. The number of methoxy groups -OCH3 is 1. The van der Waals surface area contributed by atoms with Crippen LogP contribution in [0.15, 0.2) is 71.7 Å². The normalized spacial score (nSPS) is 17.6. The van der Waals surface area contributed by atoms with Crippen molar-refractivity contribution in [3.8, 4) is 11.4 Å². The van der Waals surface area contributed by atoms with Crippen LogP contribution in [0.25, 0.3) is 5.69 Å². The molecule has 3 heterocycles. The van der Waals surface area contributed by atoms with E-state index in [0.717, 1.165) is 22.0 Å². The quantitative estimate of drug-likeness (QED) is 0.295. The lowest BCUT2D eigenvalue weighted by Gasteiger charge is -2.20. The van der Waals surface area contributed by atoms with Gasteiger partial charge < -0.3 is 19.7 Å². The van der Waals surface area contributed by atoms with E-state index >= 15 is 0 Å². The molecule has 1 aromatic heterocycles. The number of fused-ring (bicyclic) bond motifs is 3. The first-order valence-corrected chi connectivity index (χ1v) is 18.2. The third kappa shape index (κ3) is 6.28. The van der Waals surface area contributed by atoms with E-state index in [0.29, 0.717) is 53.2 Å². The molecule has 0 aliphatic carbocycles. The number of aliphatic imine (C=N–C) groups is 1.